The predicted octanol–water partition coefficient (Wildman–Crippen LogP) is 4.91. The van der Waals surface area contributed by atoms with E-state index >= 15 is 0 Å². The Hall–Kier alpha value is -1.85. The predicted molar refractivity (Wildman–Crippen MR) is 92.4 cm³/mol. The van der Waals surface area contributed by atoms with Crippen LogP contribution in [-0.4, -0.2) is 25.1 Å². The summed E-state index contributed by atoms with van der Waals surface area (Å²) in [4.78, 5) is 0. The van der Waals surface area contributed by atoms with Gasteiger partial charge in [-0.3, -0.25) is 4.48 Å². The second-order valence-electron chi connectivity index (χ2n) is 5.74. The first-order valence-corrected chi connectivity index (χ1v) is 7.44. The van der Waals surface area contributed by atoms with Gasteiger partial charge in [0.05, 0.1) is 26.7 Å². The van der Waals surface area contributed by atoms with Gasteiger partial charge in [-0.2, -0.15) is 5.26 Å². The van der Waals surface area contributed by atoms with Crippen LogP contribution >= 0.6 is 0 Å². The van der Waals surface area contributed by atoms with E-state index in [1.807, 2.05) is 26.0 Å². The highest BCUT2D eigenvalue weighted by Crippen LogP contribution is 2.20. The van der Waals surface area contributed by atoms with E-state index in [0.717, 1.165) is 27.9 Å². The summed E-state index contributed by atoms with van der Waals surface area (Å²) in [7, 11) is 4.37. The second kappa shape index (κ2) is 9.15. The van der Waals surface area contributed by atoms with E-state index in [4.69, 9.17) is 5.26 Å². The molecule has 2 heteroatoms. The molecule has 0 aromatic rings. The molecule has 0 amide bonds. The first kappa shape index (κ1) is 19.1. The third-order valence-corrected chi connectivity index (χ3v) is 3.62. The van der Waals surface area contributed by atoms with Crippen LogP contribution < -0.4 is 0 Å². The molecule has 0 N–H and O–H groups in total. The zero-order chi connectivity index (χ0) is 16.5. The highest BCUT2D eigenvalue weighted by Gasteiger charge is 2.19. The Labute approximate surface area is 130 Å². The standard InChI is InChI=1S/C19H29N2/c1-8-11-12-21(6,7)19(10-3)14-17(5)16(4)13-18(9-2)15-20/h9-10,13-14H,3,5,8,11-12H2,1-2,4,6-7H3/q+1. The van der Waals surface area contributed by atoms with Gasteiger partial charge in [0.1, 0.15) is 5.70 Å². The Morgan fingerprint density at radius 2 is 1.90 bits per heavy atom. The average Bonchev–Trinajstić information content (AvgIpc) is 2.47. The molecule has 0 saturated carbocycles. The molecule has 0 unspecified atom stereocenters. The van der Waals surface area contributed by atoms with Gasteiger partial charge in [-0.1, -0.05) is 32.6 Å². The number of hydrogen-bond donors (Lipinski definition) is 0. The topological polar surface area (TPSA) is 23.8 Å². The number of hydrogen-bond acceptors (Lipinski definition) is 1. The van der Waals surface area contributed by atoms with E-state index < -0.39 is 0 Å². The van der Waals surface area contributed by atoms with Crippen molar-refractivity contribution < 1.29 is 4.48 Å². The Bertz CT molecular complexity index is 508. The van der Waals surface area contributed by atoms with Crippen molar-refractivity contribution in [1.82, 2.24) is 0 Å². The molecule has 0 bridgehead atoms. The van der Waals surface area contributed by atoms with Crippen LogP contribution in [0.25, 0.3) is 0 Å². The van der Waals surface area contributed by atoms with Gasteiger partial charge in [0.25, 0.3) is 0 Å². The maximum Gasteiger partial charge on any atom is 0.132 e. The van der Waals surface area contributed by atoms with Crippen LogP contribution in [0.3, 0.4) is 0 Å². The van der Waals surface area contributed by atoms with Gasteiger partial charge < -0.3 is 0 Å². The van der Waals surface area contributed by atoms with Crippen molar-refractivity contribution in [2.24, 2.45) is 0 Å². The zero-order valence-electron chi connectivity index (χ0n) is 14.2. The number of likely N-dealkylation sites (N-methyl/N-ethyl adjacent to an activating group) is 1. The average molecular weight is 285 g/mol. The minimum Gasteiger partial charge on any atom is -0.296 e. The molecule has 0 radical (unpaired) electrons. The zero-order valence-corrected chi connectivity index (χ0v) is 14.2. The van der Waals surface area contributed by atoms with Crippen LogP contribution in [0.2, 0.25) is 0 Å². The maximum absolute atomic E-state index is 8.98. The van der Waals surface area contributed by atoms with Gasteiger partial charge in [-0.25, -0.2) is 0 Å². The largest absolute Gasteiger partial charge is 0.296 e. The SMILES string of the molecule is C=CC(=CC(=C)C(C)=CC(C#N)=CC)[N+](C)(C)CCCC. The van der Waals surface area contributed by atoms with Crippen molar-refractivity contribution in [2.45, 2.75) is 33.6 Å². The smallest absolute Gasteiger partial charge is 0.132 e. The number of unbranched alkanes of at least 4 members (excludes halogenated alkanes) is 1. The molecule has 21 heavy (non-hydrogen) atoms. The van der Waals surface area contributed by atoms with Crippen molar-refractivity contribution >= 4 is 0 Å². The molecule has 2 nitrogen and oxygen atoms in total. The molecule has 0 saturated heterocycles. The van der Waals surface area contributed by atoms with Crippen LogP contribution in [0.1, 0.15) is 33.6 Å². The first-order valence-electron chi connectivity index (χ1n) is 7.44. The van der Waals surface area contributed by atoms with Crippen LogP contribution in [0, 0.1) is 11.3 Å². The molecule has 0 spiro atoms. The summed E-state index contributed by atoms with van der Waals surface area (Å²) in [5, 5.41) is 8.98. The summed E-state index contributed by atoms with van der Waals surface area (Å²) in [6, 6.07) is 2.16. The highest BCUT2D eigenvalue weighted by atomic mass is 15.3. The van der Waals surface area contributed by atoms with Gasteiger partial charge in [0, 0.05) is 11.6 Å². The van der Waals surface area contributed by atoms with Crippen molar-refractivity contribution in [3.8, 4) is 6.07 Å². The molecule has 0 rings (SSSR count). The Morgan fingerprint density at radius 1 is 1.29 bits per heavy atom. The third-order valence-electron chi connectivity index (χ3n) is 3.62. The summed E-state index contributed by atoms with van der Waals surface area (Å²) in [6.45, 7) is 15.2. The normalized spacial score (nSPS) is 13.8. The summed E-state index contributed by atoms with van der Waals surface area (Å²) in [5.74, 6) is 0. The van der Waals surface area contributed by atoms with E-state index in [2.05, 4.69) is 46.3 Å². The summed E-state index contributed by atoms with van der Waals surface area (Å²) >= 11 is 0. The Balaban J connectivity index is 5.31. The fourth-order valence-electron chi connectivity index (χ4n) is 1.96. The van der Waals surface area contributed by atoms with Crippen molar-refractivity contribution in [3.05, 3.63) is 59.9 Å². The molecule has 0 heterocycles. The minimum atomic E-state index is 0.655. The molecule has 114 valence electrons. The maximum atomic E-state index is 8.98. The van der Waals surface area contributed by atoms with Gasteiger partial charge in [0.15, 0.2) is 0 Å². The van der Waals surface area contributed by atoms with E-state index in [1.165, 1.54) is 12.8 Å². The van der Waals surface area contributed by atoms with Gasteiger partial charge >= 0.3 is 0 Å². The molecular formula is C19H29N2+. The Morgan fingerprint density at radius 3 is 2.33 bits per heavy atom. The summed E-state index contributed by atoms with van der Waals surface area (Å²) < 4.78 is 0.790. The lowest BCUT2D eigenvalue weighted by molar-refractivity contribution is -0.849. The molecule has 0 aliphatic carbocycles. The monoisotopic (exact) mass is 285 g/mol. The molecule has 0 aromatic carbocycles. The lowest BCUT2D eigenvalue weighted by atomic mass is 10.0. The highest BCUT2D eigenvalue weighted by molar-refractivity contribution is 5.45. The molecule has 0 fully saturated rings. The third kappa shape index (κ3) is 6.42. The second-order valence-corrected chi connectivity index (χ2v) is 5.74. The number of rotatable bonds is 8. The summed E-state index contributed by atoms with van der Waals surface area (Å²) in [5.41, 5.74) is 3.71. The fraction of sp³-hybridized carbons (Fsp3) is 0.421. The van der Waals surface area contributed by atoms with Gasteiger partial charge in [-0.15, -0.1) is 0 Å². The number of allylic oxidation sites excluding steroid dienone is 7. The lowest BCUT2D eigenvalue weighted by Gasteiger charge is -2.30. The van der Waals surface area contributed by atoms with Gasteiger partial charge in [-0.05, 0) is 43.6 Å². The van der Waals surface area contributed by atoms with Crippen molar-refractivity contribution in [1.29, 1.82) is 5.26 Å². The lowest BCUT2D eigenvalue weighted by Crippen LogP contribution is -2.38. The first-order chi connectivity index (χ1) is 9.82. The van der Waals surface area contributed by atoms with Crippen molar-refractivity contribution in [3.63, 3.8) is 0 Å². The van der Waals surface area contributed by atoms with Crippen molar-refractivity contribution in [2.75, 3.05) is 20.6 Å². The molecule has 0 aliphatic rings. The van der Waals surface area contributed by atoms with E-state index in [0.29, 0.717) is 5.57 Å². The molecule has 0 aliphatic heterocycles. The quantitative estimate of drug-likeness (QED) is 0.353. The van der Waals surface area contributed by atoms with E-state index in [-0.39, 0.29) is 0 Å². The van der Waals surface area contributed by atoms with E-state index in [9.17, 15) is 0 Å². The van der Waals surface area contributed by atoms with Crippen LogP contribution in [0.15, 0.2) is 59.9 Å². The fourth-order valence-corrected chi connectivity index (χ4v) is 1.96. The number of nitriles is 1. The minimum absolute atomic E-state index is 0.655. The Kier molecular flexibility index (Phi) is 8.35. The molecule has 0 atom stereocenters. The van der Waals surface area contributed by atoms with Gasteiger partial charge in [0.2, 0.25) is 0 Å². The molecule has 0 aromatic heterocycles. The van der Waals surface area contributed by atoms with Crippen LogP contribution in [0.5, 0.6) is 0 Å². The van der Waals surface area contributed by atoms with Crippen LogP contribution in [-0.2, 0) is 0 Å². The number of nitrogens with zero attached hydrogens (tertiary/aromatic N) is 2. The van der Waals surface area contributed by atoms with Crippen LogP contribution in [0.4, 0.5) is 0 Å². The summed E-state index contributed by atoms with van der Waals surface area (Å²) in [6.07, 6.45) is 9.99. The molecular weight excluding hydrogens is 256 g/mol. The van der Waals surface area contributed by atoms with E-state index in [1.54, 1.807) is 6.08 Å². The number of quaternary nitrogens is 1.